The number of rotatable bonds is 4. The Morgan fingerprint density at radius 2 is 1.78 bits per heavy atom. The van der Waals surface area contributed by atoms with Crippen molar-refractivity contribution in [3.63, 3.8) is 0 Å². The number of hydrogen-bond acceptors (Lipinski definition) is 5. The standard InChI is InChI=1S/C19H20F5N7O/c1-12-7-15(18(20,21)19(22,23)24)31-16(26-12)8-14(27-31)17(32)30-5-3-29(4-6-30)11-13-9-25-28(2)10-13/h7-10H,3-6,11H2,1-2H3. The van der Waals surface area contributed by atoms with E-state index in [0.29, 0.717) is 43.3 Å². The minimum absolute atomic E-state index is 0.0423. The number of alkyl halides is 5. The smallest absolute Gasteiger partial charge is 0.335 e. The molecule has 0 atom stereocenters. The topological polar surface area (TPSA) is 71.6 Å². The van der Waals surface area contributed by atoms with E-state index in [-0.39, 0.29) is 17.0 Å². The van der Waals surface area contributed by atoms with E-state index in [1.54, 1.807) is 10.9 Å². The predicted molar refractivity (Wildman–Crippen MR) is 102 cm³/mol. The summed E-state index contributed by atoms with van der Waals surface area (Å²) < 4.78 is 69.0. The molecule has 32 heavy (non-hydrogen) atoms. The highest BCUT2D eigenvalue weighted by molar-refractivity contribution is 5.93. The molecule has 13 heteroatoms. The Balaban J connectivity index is 1.53. The van der Waals surface area contributed by atoms with Crippen LogP contribution in [0.2, 0.25) is 0 Å². The van der Waals surface area contributed by atoms with Crippen molar-refractivity contribution in [3.8, 4) is 0 Å². The lowest BCUT2D eigenvalue weighted by Gasteiger charge is -2.34. The lowest BCUT2D eigenvalue weighted by atomic mass is 10.2. The quantitative estimate of drug-likeness (QED) is 0.563. The second-order valence-corrected chi connectivity index (χ2v) is 7.75. The van der Waals surface area contributed by atoms with E-state index in [2.05, 4.69) is 20.1 Å². The van der Waals surface area contributed by atoms with Crippen molar-refractivity contribution in [1.82, 2.24) is 34.2 Å². The van der Waals surface area contributed by atoms with Gasteiger partial charge in [-0.15, -0.1) is 0 Å². The number of fused-ring (bicyclic) bond motifs is 1. The summed E-state index contributed by atoms with van der Waals surface area (Å²) in [5.41, 5.74) is -0.870. The third kappa shape index (κ3) is 4.04. The van der Waals surface area contributed by atoms with Crippen molar-refractivity contribution in [3.05, 3.63) is 47.2 Å². The number of carbonyl (C=O) groups excluding carboxylic acids is 1. The van der Waals surface area contributed by atoms with Crippen LogP contribution < -0.4 is 0 Å². The zero-order valence-corrected chi connectivity index (χ0v) is 17.3. The number of halogens is 5. The normalized spacial score (nSPS) is 16.2. The molecule has 0 aromatic carbocycles. The Kier molecular flexibility index (Phi) is 5.39. The maximum atomic E-state index is 14.0. The van der Waals surface area contributed by atoms with Crippen molar-refractivity contribution < 1.29 is 26.7 Å². The first kappa shape index (κ1) is 22.1. The average molecular weight is 457 g/mol. The number of nitrogens with zero attached hydrogens (tertiary/aromatic N) is 7. The van der Waals surface area contributed by atoms with Gasteiger partial charge in [-0.25, -0.2) is 9.50 Å². The number of aryl methyl sites for hydroxylation is 2. The Morgan fingerprint density at radius 3 is 2.38 bits per heavy atom. The maximum absolute atomic E-state index is 14.0. The van der Waals surface area contributed by atoms with Gasteiger partial charge in [-0.3, -0.25) is 14.4 Å². The van der Waals surface area contributed by atoms with E-state index in [1.165, 1.54) is 11.8 Å². The average Bonchev–Trinajstić information content (AvgIpc) is 3.32. The van der Waals surface area contributed by atoms with Gasteiger partial charge < -0.3 is 4.90 Å². The zero-order chi connectivity index (χ0) is 23.3. The summed E-state index contributed by atoms with van der Waals surface area (Å²) in [6, 6.07) is 1.76. The lowest BCUT2D eigenvalue weighted by molar-refractivity contribution is -0.291. The number of amides is 1. The van der Waals surface area contributed by atoms with E-state index in [4.69, 9.17) is 0 Å². The van der Waals surface area contributed by atoms with E-state index < -0.39 is 23.7 Å². The number of hydrogen-bond donors (Lipinski definition) is 0. The molecule has 1 fully saturated rings. The second-order valence-electron chi connectivity index (χ2n) is 7.75. The molecular weight excluding hydrogens is 437 g/mol. The molecule has 172 valence electrons. The second kappa shape index (κ2) is 7.80. The van der Waals surface area contributed by atoms with Gasteiger partial charge in [0.15, 0.2) is 11.3 Å². The van der Waals surface area contributed by atoms with Gasteiger partial charge in [-0.2, -0.15) is 32.1 Å². The fourth-order valence-electron chi connectivity index (χ4n) is 3.66. The van der Waals surface area contributed by atoms with Gasteiger partial charge in [0, 0.05) is 63.3 Å². The Morgan fingerprint density at radius 1 is 1.09 bits per heavy atom. The van der Waals surface area contributed by atoms with Crippen LogP contribution in [0.4, 0.5) is 22.0 Å². The number of aromatic nitrogens is 5. The van der Waals surface area contributed by atoms with Crippen molar-refractivity contribution >= 4 is 11.6 Å². The third-order valence-electron chi connectivity index (χ3n) is 5.28. The molecule has 0 saturated carbocycles. The molecule has 3 aromatic rings. The summed E-state index contributed by atoms with van der Waals surface area (Å²) in [7, 11) is 1.82. The third-order valence-corrected chi connectivity index (χ3v) is 5.28. The van der Waals surface area contributed by atoms with Crippen LogP contribution in [0.15, 0.2) is 24.5 Å². The molecule has 1 amide bonds. The maximum Gasteiger partial charge on any atom is 0.459 e. The minimum Gasteiger partial charge on any atom is -0.335 e. The van der Waals surface area contributed by atoms with Gasteiger partial charge in [0.1, 0.15) is 5.69 Å². The van der Waals surface area contributed by atoms with Crippen LogP contribution in [-0.2, 0) is 19.5 Å². The molecule has 0 bridgehead atoms. The first-order valence-corrected chi connectivity index (χ1v) is 9.77. The molecule has 1 saturated heterocycles. The number of piperazine rings is 1. The highest BCUT2D eigenvalue weighted by Gasteiger charge is 2.60. The molecule has 1 aliphatic heterocycles. The fraction of sp³-hybridized carbons (Fsp3) is 0.474. The van der Waals surface area contributed by atoms with E-state index in [0.717, 1.165) is 11.6 Å². The minimum atomic E-state index is -5.81. The van der Waals surface area contributed by atoms with Gasteiger partial charge in [0.25, 0.3) is 5.91 Å². The van der Waals surface area contributed by atoms with Gasteiger partial charge in [0.2, 0.25) is 0 Å². The van der Waals surface area contributed by atoms with Crippen molar-refractivity contribution in [1.29, 1.82) is 0 Å². The monoisotopic (exact) mass is 457 g/mol. The highest BCUT2D eigenvalue weighted by atomic mass is 19.4. The van der Waals surface area contributed by atoms with Gasteiger partial charge in [-0.1, -0.05) is 0 Å². The van der Waals surface area contributed by atoms with Crippen LogP contribution in [0.25, 0.3) is 5.65 Å². The van der Waals surface area contributed by atoms with Crippen LogP contribution in [0.3, 0.4) is 0 Å². The summed E-state index contributed by atoms with van der Waals surface area (Å²) in [6.07, 6.45) is -2.15. The van der Waals surface area contributed by atoms with Gasteiger partial charge >= 0.3 is 12.1 Å². The van der Waals surface area contributed by atoms with Gasteiger partial charge in [-0.05, 0) is 13.0 Å². The van der Waals surface area contributed by atoms with Crippen LogP contribution in [0, 0.1) is 6.92 Å². The van der Waals surface area contributed by atoms with E-state index in [1.807, 2.05) is 13.2 Å². The molecule has 4 heterocycles. The lowest BCUT2D eigenvalue weighted by Crippen LogP contribution is -2.48. The van der Waals surface area contributed by atoms with Crippen molar-refractivity contribution in [2.75, 3.05) is 26.2 Å². The van der Waals surface area contributed by atoms with Crippen LogP contribution >= 0.6 is 0 Å². The molecule has 0 radical (unpaired) electrons. The summed E-state index contributed by atoms with van der Waals surface area (Å²) in [5.74, 6) is -5.70. The Bertz CT molecular complexity index is 1140. The Hall–Kier alpha value is -3.09. The Labute approximate surface area is 179 Å². The van der Waals surface area contributed by atoms with Gasteiger partial charge in [0.05, 0.1) is 6.20 Å². The first-order chi connectivity index (χ1) is 15.0. The highest BCUT2D eigenvalue weighted by Crippen LogP contribution is 2.43. The predicted octanol–water partition coefficient (Wildman–Crippen LogP) is 2.38. The number of carbonyl (C=O) groups is 1. The summed E-state index contributed by atoms with van der Waals surface area (Å²) >= 11 is 0. The van der Waals surface area contributed by atoms with Crippen molar-refractivity contribution in [2.24, 2.45) is 7.05 Å². The first-order valence-electron chi connectivity index (χ1n) is 9.77. The van der Waals surface area contributed by atoms with Crippen LogP contribution in [0.1, 0.15) is 27.4 Å². The molecule has 0 aliphatic carbocycles. The summed E-state index contributed by atoms with van der Waals surface area (Å²) in [6.45, 7) is 3.84. The fourth-order valence-corrected chi connectivity index (χ4v) is 3.66. The zero-order valence-electron chi connectivity index (χ0n) is 17.3. The van der Waals surface area contributed by atoms with Crippen LogP contribution in [0.5, 0.6) is 0 Å². The largest absolute Gasteiger partial charge is 0.459 e. The molecule has 4 rings (SSSR count). The molecule has 1 aliphatic rings. The summed E-state index contributed by atoms with van der Waals surface area (Å²) in [5, 5.41) is 7.87. The van der Waals surface area contributed by atoms with Crippen LogP contribution in [-0.4, -0.2) is 72.4 Å². The van der Waals surface area contributed by atoms with Crippen molar-refractivity contribution in [2.45, 2.75) is 25.6 Å². The molecule has 3 aromatic heterocycles. The summed E-state index contributed by atoms with van der Waals surface area (Å²) in [4.78, 5) is 20.4. The molecule has 0 spiro atoms. The molecular formula is C19H20F5N7O. The SMILES string of the molecule is Cc1cc(C(F)(F)C(F)(F)F)n2nc(C(=O)N3CCN(Cc4cnn(C)c4)CC3)cc2n1. The molecule has 0 unspecified atom stereocenters. The molecule has 8 nitrogen and oxygen atoms in total. The van der Waals surface area contributed by atoms with E-state index in [9.17, 15) is 26.7 Å². The van der Waals surface area contributed by atoms with E-state index >= 15 is 0 Å². The molecule has 0 N–H and O–H groups in total.